The second kappa shape index (κ2) is 11.6. The van der Waals surface area contributed by atoms with Crippen LogP contribution in [0.4, 0.5) is 30.8 Å². The summed E-state index contributed by atoms with van der Waals surface area (Å²) in [4.78, 5) is 12.7. The lowest BCUT2D eigenvalue weighted by atomic mass is 9.91. The summed E-state index contributed by atoms with van der Waals surface area (Å²) in [5.74, 6) is 2.14. The van der Waals surface area contributed by atoms with E-state index in [1.165, 1.54) is 6.42 Å². The number of alkyl halides is 3. The molecule has 5 N–H and O–H groups in total. The predicted molar refractivity (Wildman–Crippen MR) is 130 cm³/mol. The number of rotatable bonds is 7. The van der Waals surface area contributed by atoms with Gasteiger partial charge in [-0.05, 0) is 51.5 Å². The second-order valence-corrected chi connectivity index (χ2v) is 9.42. The maximum atomic E-state index is 12.8. The van der Waals surface area contributed by atoms with Crippen LogP contribution in [0.15, 0.2) is 23.3 Å². The lowest BCUT2D eigenvalue weighted by Crippen LogP contribution is -2.49. The van der Waals surface area contributed by atoms with E-state index >= 15 is 0 Å². The molecule has 0 saturated heterocycles. The molecule has 9 nitrogen and oxygen atoms in total. The third kappa shape index (κ3) is 8.29. The first-order valence-electron chi connectivity index (χ1n) is 12.4. The van der Waals surface area contributed by atoms with Crippen molar-refractivity contribution in [2.45, 2.75) is 89.0 Å². The molecule has 2 heterocycles. The molecule has 0 aliphatic heterocycles. The van der Waals surface area contributed by atoms with E-state index in [4.69, 9.17) is 0 Å². The molecule has 2 fully saturated rings. The normalized spacial score (nSPS) is 22.0. The van der Waals surface area contributed by atoms with E-state index in [1.54, 1.807) is 12.3 Å². The molecule has 0 aromatic carbocycles. The number of aryl methyl sites for hydroxylation is 1. The highest BCUT2D eigenvalue weighted by atomic mass is 19.4. The van der Waals surface area contributed by atoms with Crippen molar-refractivity contribution in [2.75, 3.05) is 17.2 Å². The van der Waals surface area contributed by atoms with E-state index < -0.39 is 12.7 Å². The molecule has 0 atom stereocenters. The van der Waals surface area contributed by atoms with Gasteiger partial charge in [0.15, 0.2) is 11.8 Å². The Morgan fingerprint density at radius 1 is 1.00 bits per heavy atom. The topological polar surface area (TPSA) is 115 Å². The molecule has 35 heavy (non-hydrogen) atoms. The van der Waals surface area contributed by atoms with Gasteiger partial charge in [0.2, 0.25) is 5.95 Å². The van der Waals surface area contributed by atoms with Gasteiger partial charge in [-0.15, -0.1) is 0 Å². The smallest absolute Gasteiger partial charge is 0.354 e. The molecule has 0 unspecified atom stereocenters. The van der Waals surface area contributed by atoms with Crippen LogP contribution in [-0.4, -0.2) is 57.0 Å². The lowest BCUT2D eigenvalue weighted by Gasteiger charge is -2.32. The zero-order valence-electron chi connectivity index (χ0n) is 20.0. The van der Waals surface area contributed by atoms with Gasteiger partial charge < -0.3 is 21.3 Å². The van der Waals surface area contributed by atoms with Crippen molar-refractivity contribution < 1.29 is 13.2 Å². The first kappa shape index (κ1) is 25.1. The quantitative estimate of drug-likeness (QED) is 0.287. The largest absolute Gasteiger partial charge is 0.408 e. The van der Waals surface area contributed by atoms with Crippen molar-refractivity contribution in [1.29, 1.82) is 0 Å². The third-order valence-corrected chi connectivity index (χ3v) is 6.38. The molecule has 2 aromatic rings. The fraction of sp³-hybridized carbons (Fsp3) is 0.652. The Morgan fingerprint density at radius 2 is 1.69 bits per heavy atom. The summed E-state index contributed by atoms with van der Waals surface area (Å²) in [6, 6.07) is 4.12. The number of H-pyrrole nitrogens is 1. The van der Waals surface area contributed by atoms with Gasteiger partial charge in [-0.25, -0.2) is 9.98 Å². The Hall–Kier alpha value is -3.05. The van der Waals surface area contributed by atoms with Crippen molar-refractivity contribution in [2.24, 2.45) is 4.99 Å². The van der Waals surface area contributed by atoms with E-state index in [1.807, 2.05) is 13.0 Å². The summed E-state index contributed by atoms with van der Waals surface area (Å²) in [5.41, 5.74) is 0.950. The molecule has 2 aliphatic carbocycles. The summed E-state index contributed by atoms with van der Waals surface area (Å²) in [7, 11) is 0. The van der Waals surface area contributed by atoms with Gasteiger partial charge in [-0.3, -0.25) is 5.10 Å². The molecule has 0 spiro atoms. The fourth-order valence-corrected chi connectivity index (χ4v) is 4.61. The summed E-state index contributed by atoms with van der Waals surface area (Å²) in [6.07, 6.45) is 6.03. The number of nitrogens with one attached hydrogen (secondary N) is 5. The van der Waals surface area contributed by atoms with E-state index in [0.29, 0.717) is 17.6 Å². The van der Waals surface area contributed by atoms with Crippen LogP contribution in [-0.2, 0) is 0 Å². The van der Waals surface area contributed by atoms with Crippen molar-refractivity contribution in [3.05, 3.63) is 24.0 Å². The van der Waals surface area contributed by atoms with E-state index in [-0.39, 0.29) is 24.1 Å². The van der Waals surface area contributed by atoms with Crippen LogP contribution in [0.2, 0.25) is 0 Å². The summed E-state index contributed by atoms with van der Waals surface area (Å²) in [5, 5.41) is 20.1. The highest BCUT2D eigenvalue weighted by Gasteiger charge is 2.28. The summed E-state index contributed by atoms with van der Waals surface area (Å²) >= 11 is 0. The first-order chi connectivity index (χ1) is 16.8. The van der Waals surface area contributed by atoms with Gasteiger partial charge in [0.25, 0.3) is 0 Å². The second-order valence-electron chi connectivity index (χ2n) is 9.42. The molecule has 0 radical (unpaired) electrons. The number of nitrogens with zero attached hydrogens (tertiary/aromatic N) is 4. The first-order valence-corrected chi connectivity index (χ1v) is 12.4. The summed E-state index contributed by atoms with van der Waals surface area (Å²) < 4.78 is 38.4. The Morgan fingerprint density at radius 3 is 2.34 bits per heavy atom. The molecule has 2 aliphatic rings. The number of aromatic nitrogens is 4. The Labute approximate surface area is 203 Å². The van der Waals surface area contributed by atoms with Crippen LogP contribution in [0.5, 0.6) is 0 Å². The lowest BCUT2D eigenvalue weighted by molar-refractivity contribution is -0.118. The van der Waals surface area contributed by atoms with Crippen molar-refractivity contribution in [1.82, 2.24) is 30.8 Å². The number of hydrogen-bond donors (Lipinski definition) is 5. The van der Waals surface area contributed by atoms with Crippen LogP contribution in [0, 0.1) is 6.92 Å². The van der Waals surface area contributed by atoms with E-state index in [9.17, 15) is 13.2 Å². The average Bonchev–Trinajstić information content (AvgIpc) is 3.23. The molecule has 192 valence electrons. The highest BCUT2D eigenvalue weighted by molar-refractivity contribution is 5.80. The van der Waals surface area contributed by atoms with E-state index in [0.717, 1.165) is 57.1 Å². The average molecular weight is 494 g/mol. The maximum Gasteiger partial charge on any atom is 0.408 e. The highest BCUT2D eigenvalue weighted by Crippen LogP contribution is 2.23. The predicted octanol–water partition coefficient (Wildman–Crippen LogP) is 4.41. The van der Waals surface area contributed by atoms with Crippen LogP contribution in [0.25, 0.3) is 0 Å². The van der Waals surface area contributed by atoms with Crippen molar-refractivity contribution in [3.8, 4) is 0 Å². The number of guanidine groups is 1. The maximum absolute atomic E-state index is 12.8. The van der Waals surface area contributed by atoms with Gasteiger partial charge in [0.05, 0.1) is 0 Å². The van der Waals surface area contributed by atoms with Gasteiger partial charge >= 0.3 is 6.18 Å². The molecule has 12 heteroatoms. The monoisotopic (exact) mass is 493 g/mol. The van der Waals surface area contributed by atoms with E-state index in [2.05, 4.69) is 46.4 Å². The minimum absolute atomic E-state index is 0.0768. The minimum Gasteiger partial charge on any atom is -0.354 e. The van der Waals surface area contributed by atoms with Crippen LogP contribution >= 0.6 is 0 Å². The molecular formula is C23H34F3N9. The number of aliphatic imine (C=N–C) groups is 1. The number of halogens is 3. The molecule has 0 bridgehead atoms. The number of aromatic amines is 1. The zero-order chi connectivity index (χ0) is 24.7. The Bertz CT molecular complexity index is 961. The molecule has 2 aromatic heterocycles. The summed E-state index contributed by atoms with van der Waals surface area (Å²) in [6.45, 7) is 0.749. The van der Waals surface area contributed by atoms with Gasteiger partial charge in [-0.1, -0.05) is 19.3 Å². The SMILES string of the molecule is Cc1cc(Nc2ccnc(N[C@H]3CC[C@H](N/C(=N/CC(F)(F)F)NC4CCCCC4)CC3)n2)n[nH]1. The van der Waals surface area contributed by atoms with Gasteiger partial charge in [-0.2, -0.15) is 23.3 Å². The number of anilines is 3. The molecular weight excluding hydrogens is 459 g/mol. The minimum atomic E-state index is -4.32. The van der Waals surface area contributed by atoms with Gasteiger partial charge in [0, 0.05) is 36.1 Å². The molecule has 2 saturated carbocycles. The standard InChI is InChI=1S/C23H34F3N9/c1-15-13-20(35-34-15)32-19-11-12-27-21(33-19)30-17-7-9-18(10-8-17)31-22(28-14-23(24,25)26)29-16-5-3-2-4-6-16/h11-13,16-18H,2-10,14H2,1H3,(H2,28,29,31)(H3,27,30,32,33,34,35)/t17-,18-. The Balaban J connectivity index is 1.28. The van der Waals surface area contributed by atoms with Crippen LogP contribution in [0.3, 0.4) is 0 Å². The van der Waals surface area contributed by atoms with Crippen LogP contribution < -0.4 is 21.3 Å². The van der Waals surface area contributed by atoms with Crippen molar-refractivity contribution >= 4 is 23.5 Å². The number of hydrogen-bond acceptors (Lipinski definition) is 6. The third-order valence-electron chi connectivity index (χ3n) is 6.38. The van der Waals surface area contributed by atoms with Gasteiger partial charge in [0.1, 0.15) is 12.4 Å². The van der Waals surface area contributed by atoms with Crippen LogP contribution in [0.1, 0.15) is 63.5 Å². The zero-order valence-corrected chi connectivity index (χ0v) is 20.0. The molecule has 4 rings (SSSR count). The Kier molecular flexibility index (Phi) is 8.29. The molecule has 0 amide bonds. The fourth-order valence-electron chi connectivity index (χ4n) is 4.61. The van der Waals surface area contributed by atoms with Crippen molar-refractivity contribution in [3.63, 3.8) is 0 Å².